The minimum atomic E-state index is -0.867. The Bertz CT molecular complexity index is 484. The van der Waals surface area contributed by atoms with Crippen LogP contribution in [0.15, 0.2) is 24.3 Å². The summed E-state index contributed by atoms with van der Waals surface area (Å²) >= 11 is 0. The fraction of sp³-hybridized carbons (Fsp3) is 0.429. The standard InChI is InChI=1S/C14H17NO3/c1-3-15(10-6-4-5-9(2)7-10)13(16)11-8-12(11)14(17)18/h4-7,11-12H,3,8H2,1-2H3,(H,17,18)/t11-,12+/m1/s1. The molecule has 96 valence electrons. The van der Waals surface area contributed by atoms with Crippen molar-refractivity contribution in [1.29, 1.82) is 0 Å². The highest BCUT2D eigenvalue weighted by Crippen LogP contribution is 2.40. The van der Waals surface area contributed by atoms with Gasteiger partial charge in [0.05, 0.1) is 11.8 Å². The molecule has 1 aliphatic rings. The Balaban J connectivity index is 2.15. The summed E-state index contributed by atoms with van der Waals surface area (Å²) in [6.07, 6.45) is 0.469. The van der Waals surface area contributed by atoms with E-state index in [9.17, 15) is 9.59 Å². The van der Waals surface area contributed by atoms with E-state index in [4.69, 9.17) is 5.11 Å². The van der Waals surface area contributed by atoms with Gasteiger partial charge in [0, 0.05) is 12.2 Å². The fourth-order valence-electron chi connectivity index (χ4n) is 2.20. The number of rotatable bonds is 4. The van der Waals surface area contributed by atoms with E-state index in [1.807, 2.05) is 38.1 Å². The van der Waals surface area contributed by atoms with E-state index in [2.05, 4.69) is 0 Å². The van der Waals surface area contributed by atoms with Crippen molar-refractivity contribution < 1.29 is 14.7 Å². The molecule has 0 aliphatic heterocycles. The number of aryl methyl sites for hydroxylation is 1. The normalized spacial score (nSPS) is 21.4. The van der Waals surface area contributed by atoms with Gasteiger partial charge in [0.2, 0.25) is 5.91 Å². The molecule has 1 fully saturated rings. The Morgan fingerprint density at radius 1 is 1.39 bits per heavy atom. The summed E-state index contributed by atoms with van der Waals surface area (Å²) in [7, 11) is 0. The van der Waals surface area contributed by atoms with Crippen LogP contribution in [-0.2, 0) is 9.59 Å². The number of nitrogens with zero attached hydrogens (tertiary/aromatic N) is 1. The Hall–Kier alpha value is -1.84. The van der Waals surface area contributed by atoms with Crippen molar-refractivity contribution in [3.63, 3.8) is 0 Å². The van der Waals surface area contributed by atoms with Crippen molar-refractivity contribution in [2.24, 2.45) is 11.8 Å². The highest BCUT2D eigenvalue weighted by Gasteiger charge is 2.49. The molecule has 0 unspecified atom stereocenters. The molecule has 4 heteroatoms. The highest BCUT2D eigenvalue weighted by atomic mass is 16.4. The van der Waals surface area contributed by atoms with Crippen LogP contribution in [0.1, 0.15) is 18.9 Å². The van der Waals surface area contributed by atoms with Crippen LogP contribution in [0.2, 0.25) is 0 Å². The molecule has 1 N–H and O–H groups in total. The summed E-state index contributed by atoms with van der Waals surface area (Å²) in [5, 5.41) is 8.87. The summed E-state index contributed by atoms with van der Waals surface area (Å²) in [6.45, 7) is 4.43. The average Bonchev–Trinajstić information content (AvgIpc) is 3.09. The maximum atomic E-state index is 12.2. The molecule has 2 rings (SSSR count). The van der Waals surface area contributed by atoms with Gasteiger partial charge in [0.25, 0.3) is 0 Å². The number of carbonyl (C=O) groups excluding carboxylic acids is 1. The summed E-state index contributed by atoms with van der Waals surface area (Å²) in [4.78, 5) is 24.7. The number of hydrogen-bond acceptors (Lipinski definition) is 2. The zero-order chi connectivity index (χ0) is 13.3. The molecule has 0 heterocycles. The molecule has 0 saturated heterocycles. The molecular weight excluding hydrogens is 230 g/mol. The first-order chi connectivity index (χ1) is 8.54. The van der Waals surface area contributed by atoms with Crippen LogP contribution in [0, 0.1) is 18.8 Å². The van der Waals surface area contributed by atoms with Crippen LogP contribution in [0.3, 0.4) is 0 Å². The number of amides is 1. The Labute approximate surface area is 106 Å². The van der Waals surface area contributed by atoms with Gasteiger partial charge in [-0.25, -0.2) is 0 Å². The van der Waals surface area contributed by atoms with Gasteiger partial charge in [-0.15, -0.1) is 0 Å². The second-order valence-corrected chi connectivity index (χ2v) is 4.71. The molecule has 0 spiro atoms. The second kappa shape index (κ2) is 4.80. The minimum absolute atomic E-state index is 0.0736. The minimum Gasteiger partial charge on any atom is -0.481 e. The summed E-state index contributed by atoms with van der Waals surface area (Å²) in [5.41, 5.74) is 1.93. The zero-order valence-corrected chi connectivity index (χ0v) is 10.6. The van der Waals surface area contributed by atoms with E-state index in [1.165, 1.54) is 0 Å². The largest absolute Gasteiger partial charge is 0.481 e. The van der Waals surface area contributed by atoms with E-state index in [-0.39, 0.29) is 11.8 Å². The van der Waals surface area contributed by atoms with Crippen molar-refractivity contribution in [3.8, 4) is 0 Å². The molecule has 1 aromatic rings. The maximum absolute atomic E-state index is 12.2. The third-order valence-corrected chi connectivity index (χ3v) is 3.32. The molecule has 0 radical (unpaired) electrons. The first-order valence-electron chi connectivity index (χ1n) is 6.15. The molecule has 1 amide bonds. The van der Waals surface area contributed by atoms with Crippen molar-refractivity contribution in [2.45, 2.75) is 20.3 Å². The van der Waals surface area contributed by atoms with Crippen LogP contribution < -0.4 is 4.90 Å². The molecule has 18 heavy (non-hydrogen) atoms. The van der Waals surface area contributed by atoms with Crippen molar-refractivity contribution in [1.82, 2.24) is 0 Å². The van der Waals surface area contributed by atoms with Gasteiger partial charge in [-0.1, -0.05) is 12.1 Å². The Morgan fingerprint density at radius 2 is 2.11 bits per heavy atom. The smallest absolute Gasteiger partial charge is 0.307 e. The summed E-state index contributed by atoms with van der Waals surface area (Å²) < 4.78 is 0. The predicted molar refractivity (Wildman–Crippen MR) is 68.4 cm³/mol. The van der Waals surface area contributed by atoms with Gasteiger partial charge < -0.3 is 10.0 Å². The molecule has 1 saturated carbocycles. The lowest BCUT2D eigenvalue weighted by atomic mass is 10.2. The molecule has 0 aromatic heterocycles. The number of carboxylic acid groups (broad SMARTS) is 1. The molecule has 1 aliphatic carbocycles. The van der Waals surface area contributed by atoms with Crippen LogP contribution in [0.4, 0.5) is 5.69 Å². The van der Waals surface area contributed by atoms with Gasteiger partial charge in [-0.05, 0) is 38.0 Å². The van der Waals surface area contributed by atoms with Gasteiger partial charge >= 0.3 is 5.97 Å². The molecule has 4 nitrogen and oxygen atoms in total. The topological polar surface area (TPSA) is 57.6 Å². The number of anilines is 1. The zero-order valence-electron chi connectivity index (χ0n) is 10.6. The summed E-state index contributed by atoms with van der Waals surface area (Å²) in [5.74, 6) is -1.77. The number of hydrogen-bond donors (Lipinski definition) is 1. The van der Waals surface area contributed by atoms with E-state index in [0.29, 0.717) is 13.0 Å². The lowest BCUT2D eigenvalue weighted by molar-refractivity contribution is -0.140. The first-order valence-corrected chi connectivity index (χ1v) is 6.15. The van der Waals surface area contributed by atoms with Crippen molar-refractivity contribution >= 4 is 17.6 Å². The van der Waals surface area contributed by atoms with E-state index < -0.39 is 11.9 Å². The molecule has 0 bridgehead atoms. The van der Waals surface area contributed by atoms with Crippen LogP contribution in [0.25, 0.3) is 0 Å². The number of carboxylic acids is 1. The van der Waals surface area contributed by atoms with Gasteiger partial charge in [-0.3, -0.25) is 9.59 Å². The van der Waals surface area contributed by atoms with Gasteiger partial charge in [-0.2, -0.15) is 0 Å². The number of aliphatic carboxylic acids is 1. The number of benzene rings is 1. The van der Waals surface area contributed by atoms with Crippen LogP contribution in [-0.4, -0.2) is 23.5 Å². The van der Waals surface area contributed by atoms with E-state index in [0.717, 1.165) is 11.3 Å². The third-order valence-electron chi connectivity index (χ3n) is 3.32. The quantitative estimate of drug-likeness (QED) is 0.886. The van der Waals surface area contributed by atoms with E-state index in [1.54, 1.807) is 4.90 Å². The first kappa shape index (κ1) is 12.6. The monoisotopic (exact) mass is 247 g/mol. The van der Waals surface area contributed by atoms with Gasteiger partial charge in [0.1, 0.15) is 0 Å². The lowest BCUT2D eigenvalue weighted by Crippen LogP contribution is -2.33. The van der Waals surface area contributed by atoms with Crippen LogP contribution in [0.5, 0.6) is 0 Å². The molecular formula is C14H17NO3. The van der Waals surface area contributed by atoms with Crippen molar-refractivity contribution in [2.75, 3.05) is 11.4 Å². The Morgan fingerprint density at radius 3 is 2.61 bits per heavy atom. The number of carbonyl (C=O) groups is 2. The highest BCUT2D eigenvalue weighted by molar-refractivity contribution is 6.00. The van der Waals surface area contributed by atoms with Gasteiger partial charge in [0.15, 0.2) is 0 Å². The Kier molecular flexibility index (Phi) is 3.36. The third kappa shape index (κ3) is 2.37. The molecule has 2 atom stereocenters. The molecule has 1 aromatic carbocycles. The van der Waals surface area contributed by atoms with E-state index >= 15 is 0 Å². The summed E-state index contributed by atoms with van der Waals surface area (Å²) in [6, 6.07) is 7.70. The SMILES string of the molecule is CCN(C(=O)[C@@H]1C[C@@H]1C(=O)O)c1cccc(C)c1. The lowest BCUT2D eigenvalue weighted by Gasteiger charge is -2.21. The maximum Gasteiger partial charge on any atom is 0.307 e. The fourth-order valence-corrected chi connectivity index (χ4v) is 2.20. The predicted octanol–water partition coefficient (Wildman–Crippen LogP) is 2.07. The second-order valence-electron chi connectivity index (χ2n) is 4.71. The van der Waals surface area contributed by atoms with Crippen LogP contribution >= 0.6 is 0 Å². The average molecular weight is 247 g/mol. The van der Waals surface area contributed by atoms with Crippen molar-refractivity contribution in [3.05, 3.63) is 29.8 Å².